The Morgan fingerprint density at radius 3 is 2.21 bits per heavy atom. The monoisotopic (exact) mass is 417 g/mol. The van der Waals surface area contributed by atoms with Gasteiger partial charge in [-0.05, 0) is 36.8 Å². The molecule has 0 amide bonds. The van der Waals surface area contributed by atoms with Crippen molar-refractivity contribution in [2.45, 2.75) is 17.9 Å². The highest BCUT2D eigenvalue weighted by atomic mass is 35.5. The number of hydrogen-bond donors (Lipinski definition) is 0. The first kappa shape index (κ1) is 20.3. The Morgan fingerprint density at radius 2 is 1.71 bits per heavy atom. The molecule has 0 aliphatic rings. The second-order valence-electron chi connectivity index (χ2n) is 6.45. The van der Waals surface area contributed by atoms with Crippen LogP contribution in [-0.2, 0) is 17.1 Å². The molecule has 0 unspecified atom stereocenters. The van der Waals surface area contributed by atoms with Crippen molar-refractivity contribution in [1.82, 2.24) is 13.9 Å². The zero-order valence-electron chi connectivity index (χ0n) is 15.7. The molecule has 0 aliphatic carbocycles. The number of imidazole rings is 1. The summed E-state index contributed by atoms with van der Waals surface area (Å²) in [4.78, 5) is 15.9. The van der Waals surface area contributed by atoms with Gasteiger partial charge in [0.1, 0.15) is 11.9 Å². The number of hydrogen-bond acceptors (Lipinski definition) is 4. The van der Waals surface area contributed by atoms with E-state index >= 15 is 0 Å². The van der Waals surface area contributed by atoms with Crippen molar-refractivity contribution in [2.24, 2.45) is 7.05 Å². The lowest BCUT2D eigenvalue weighted by Gasteiger charge is -2.27. The summed E-state index contributed by atoms with van der Waals surface area (Å²) < 4.78 is 29.6. The summed E-state index contributed by atoms with van der Waals surface area (Å²) in [6.07, 6.45) is 3.39. The predicted molar refractivity (Wildman–Crippen MR) is 108 cm³/mol. The molecule has 0 bridgehead atoms. The van der Waals surface area contributed by atoms with E-state index in [2.05, 4.69) is 4.98 Å². The van der Waals surface area contributed by atoms with Crippen molar-refractivity contribution in [2.75, 3.05) is 7.05 Å². The van der Waals surface area contributed by atoms with Crippen molar-refractivity contribution < 1.29 is 13.2 Å². The van der Waals surface area contributed by atoms with E-state index in [1.54, 1.807) is 41.2 Å². The molecule has 3 rings (SSSR count). The lowest BCUT2D eigenvalue weighted by Crippen LogP contribution is -2.33. The molecule has 0 spiro atoms. The molecule has 2 aromatic carbocycles. The van der Waals surface area contributed by atoms with Gasteiger partial charge in [-0.25, -0.2) is 13.4 Å². The van der Waals surface area contributed by atoms with E-state index in [9.17, 15) is 13.2 Å². The summed E-state index contributed by atoms with van der Waals surface area (Å²) in [5.74, 6) is 0.457. The molecule has 3 aromatic rings. The van der Waals surface area contributed by atoms with Crippen LogP contribution in [0, 0.1) is 0 Å². The fourth-order valence-corrected chi connectivity index (χ4v) is 4.41. The summed E-state index contributed by atoms with van der Waals surface area (Å²) in [5, 5.41) is 0.563. The van der Waals surface area contributed by atoms with E-state index in [1.807, 2.05) is 7.05 Å². The summed E-state index contributed by atoms with van der Waals surface area (Å²) in [6, 6.07) is 12.3. The molecule has 1 heterocycles. The Bertz CT molecular complexity index is 1090. The Morgan fingerprint density at radius 1 is 1.11 bits per heavy atom. The Hall–Kier alpha value is -2.48. The van der Waals surface area contributed by atoms with Crippen LogP contribution >= 0.6 is 11.6 Å². The molecule has 0 aliphatic heterocycles. The van der Waals surface area contributed by atoms with Crippen LogP contribution in [0.5, 0.6) is 0 Å². The van der Waals surface area contributed by atoms with Gasteiger partial charge in [0.15, 0.2) is 5.78 Å². The summed E-state index contributed by atoms with van der Waals surface area (Å²) in [6.45, 7) is 1.44. The van der Waals surface area contributed by atoms with Crippen molar-refractivity contribution in [3.63, 3.8) is 0 Å². The molecule has 1 atom stereocenters. The quantitative estimate of drug-likeness (QED) is 0.573. The summed E-state index contributed by atoms with van der Waals surface area (Å²) in [5.41, 5.74) is 1.20. The van der Waals surface area contributed by atoms with Crippen LogP contribution in [0.3, 0.4) is 0 Å². The van der Waals surface area contributed by atoms with E-state index in [1.165, 1.54) is 42.5 Å². The van der Waals surface area contributed by atoms with Gasteiger partial charge in [-0.15, -0.1) is 0 Å². The molecule has 0 saturated heterocycles. The fraction of sp³-hybridized carbons (Fsp3) is 0.200. The first-order chi connectivity index (χ1) is 13.2. The van der Waals surface area contributed by atoms with Gasteiger partial charge in [0.25, 0.3) is 0 Å². The third-order valence-electron chi connectivity index (χ3n) is 4.59. The average Bonchev–Trinajstić information content (AvgIpc) is 3.09. The number of aromatic nitrogens is 2. The number of carbonyl (C=O) groups is 1. The minimum absolute atomic E-state index is 0.105. The number of Topliss-reactive ketones (excluding diaryl/α,β-unsaturated/α-hetero) is 1. The van der Waals surface area contributed by atoms with E-state index in [4.69, 9.17) is 11.6 Å². The van der Waals surface area contributed by atoms with Crippen molar-refractivity contribution in [3.05, 3.63) is 82.9 Å². The van der Waals surface area contributed by atoms with E-state index in [-0.39, 0.29) is 10.7 Å². The first-order valence-corrected chi connectivity index (χ1v) is 10.4. The fourth-order valence-electron chi connectivity index (χ4n) is 2.97. The van der Waals surface area contributed by atoms with Gasteiger partial charge in [0.2, 0.25) is 10.0 Å². The van der Waals surface area contributed by atoms with Gasteiger partial charge in [-0.1, -0.05) is 35.9 Å². The second kappa shape index (κ2) is 7.87. The number of sulfonamides is 1. The maximum Gasteiger partial charge on any atom is 0.243 e. The molecular weight excluding hydrogens is 398 g/mol. The summed E-state index contributed by atoms with van der Waals surface area (Å²) in [7, 11) is -0.517. The third kappa shape index (κ3) is 3.87. The highest BCUT2D eigenvalue weighted by Gasteiger charge is 2.32. The van der Waals surface area contributed by atoms with Crippen molar-refractivity contribution in [1.29, 1.82) is 0 Å². The zero-order valence-corrected chi connectivity index (χ0v) is 17.3. The lowest BCUT2D eigenvalue weighted by molar-refractivity contribution is 0.101. The highest BCUT2D eigenvalue weighted by molar-refractivity contribution is 7.89. The van der Waals surface area contributed by atoms with Gasteiger partial charge in [-0.2, -0.15) is 4.31 Å². The standard InChI is InChI=1S/C20H20ClN3O3S/c1-14(25)15-6-10-18(11-7-15)28(26,27)24(3)19(20-22-12-13-23(20)2)16-4-8-17(21)9-5-16/h4-13,19H,1-3H3/t19-/m0/s1. The molecule has 146 valence electrons. The third-order valence-corrected chi connectivity index (χ3v) is 6.68. The SMILES string of the molecule is CC(=O)c1ccc(S(=O)(=O)N(C)[C@@H](c2ccc(Cl)cc2)c2nccn2C)cc1. The Balaban J connectivity index is 2.07. The number of nitrogens with zero attached hydrogens (tertiary/aromatic N) is 3. The molecule has 8 heteroatoms. The smallest absolute Gasteiger partial charge is 0.243 e. The molecule has 6 nitrogen and oxygen atoms in total. The van der Waals surface area contributed by atoms with Gasteiger partial charge >= 0.3 is 0 Å². The minimum Gasteiger partial charge on any atom is -0.336 e. The normalized spacial score (nSPS) is 12.9. The molecule has 0 radical (unpaired) electrons. The van der Waals surface area contributed by atoms with Crippen LogP contribution in [0.25, 0.3) is 0 Å². The predicted octanol–water partition coefficient (Wildman–Crippen LogP) is 3.69. The second-order valence-corrected chi connectivity index (χ2v) is 8.89. The number of benzene rings is 2. The Kier molecular flexibility index (Phi) is 5.69. The topological polar surface area (TPSA) is 72.3 Å². The first-order valence-electron chi connectivity index (χ1n) is 8.53. The van der Waals surface area contributed by atoms with E-state index < -0.39 is 16.1 Å². The molecule has 1 aromatic heterocycles. The number of carbonyl (C=O) groups excluding carboxylic acids is 1. The molecule has 0 fully saturated rings. The van der Waals surface area contributed by atoms with Crippen LogP contribution in [0.2, 0.25) is 5.02 Å². The Labute approximate surface area is 169 Å². The van der Waals surface area contributed by atoms with Crippen LogP contribution in [0.1, 0.15) is 34.7 Å². The van der Waals surface area contributed by atoms with Crippen LogP contribution in [0.15, 0.2) is 65.8 Å². The van der Waals surface area contributed by atoms with Gasteiger partial charge in [0, 0.05) is 37.1 Å². The van der Waals surface area contributed by atoms with E-state index in [0.717, 1.165) is 5.56 Å². The molecule has 28 heavy (non-hydrogen) atoms. The van der Waals surface area contributed by atoms with Crippen molar-refractivity contribution in [3.8, 4) is 0 Å². The number of ketones is 1. The van der Waals surface area contributed by atoms with Gasteiger partial charge < -0.3 is 4.57 Å². The largest absolute Gasteiger partial charge is 0.336 e. The van der Waals surface area contributed by atoms with Gasteiger partial charge in [0.05, 0.1) is 4.90 Å². The van der Waals surface area contributed by atoms with Crippen LogP contribution < -0.4 is 0 Å². The van der Waals surface area contributed by atoms with Gasteiger partial charge in [-0.3, -0.25) is 4.79 Å². The summed E-state index contributed by atoms with van der Waals surface area (Å²) >= 11 is 6.00. The molecule has 0 saturated carbocycles. The minimum atomic E-state index is -3.85. The maximum atomic E-state index is 13.3. The lowest BCUT2D eigenvalue weighted by atomic mass is 10.1. The zero-order chi connectivity index (χ0) is 20.5. The number of halogens is 1. The average molecular weight is 418 g/mol. The molecule has 0 N–H and O–H groups in total. The van der Waals surface area contributed by atoms with Crippen LogP contribution in [0.4, 0.5) is 0 Å². The maximum absolute atomic E-state index is 13.3. The van der Waals surface area contributed by atoms with Crippen molar-refractivity contribution >= 4 is 27.4 Å². The molecular formula is C20H20ClN3O3S. The number of rotatable bonds is 6. The van der Waals surface area contributed by atoms with Crippen LogP contribution in [-0.4, -0.2) is 35.1 Å². The number of aryl methyl sites for hydroxylation is 1. The highest BCUT2D eigenvalue weighted by Crippen LogP contribution is 2.31. The van der Waals surface area contributed by atoms with E-state index in [0.29, 0.717) is 16.4 Å².